The summed E-state index contributed by atoms with van der Waals surface area (Å²) in [7, 11) is 0. The van der Waals surface area contributed by atoms with Crippen molar-refractivity contribution in [3.63, 3.8) is 0 Å². The van der Waals surface area contributed by atoms with Crippen molar-refractivity contribution >= 4 is 11.5 Å². The number of ether oxygens (including phenoxy) is 1. The van der Waals surface area contributed by atoms with Crippen molar-refractivity contribution in [3.05, 3.63) is 52.3 Å². The first-order valence-corrected chi connectivity index (χ1v) is 6.62. The number of rotatable bonds is 7. The number of nitrogens with zero attached hydrogens (tertiary/aromatic N) is 3. The molecule has 1 aromatic heterocycles. The van der Waals surface area contributed by atoms with Crippen LogP contribution in [0.15, 0.2) is 36.7 Å². The van der Waals surface area contributed by atoms with Crippen LogP contribution in [0.5, 0.6) is 5.88 Å². The van der Waals surface area contributed by atoms with Gasteiger partial charge in [-0.1, -0.05) is 30.3 Å². The summed E-state index contributed by atoms with van der Waals surface area (Å²) in [6.45, 7) is 2.59. The van der Waals surface area contributed by atoms with Gasteiger partial charge in [0.25, 0.3) is 5.88 Å². The van der Waals surface area contributed by atoms with E-state index in [0.29, 0.717) is 13.2 Å². The van der Waals surface area contributed by atoms with Gasteiger partial charge in [0, 0.05) is 6.54 Å². The first-order chi connectivity index (χ1) is 10.2. The normalized spacial score (nSPS) is 10.1. The molecule has 0 bridgehead atoms. The predicted molar refractivity (Wildman–Crippen MR) is 78.5 cm³/mol. The molecule has 0 aliphatic carbocycles. The number of nitro groups is 1. The van der Waals surface area contributed by atoms with Gasteiger partial charge in [-0.3, -0.25) is 10.1 Å². The first-order valence-electron chi connectivity index (χ1n) is 6.62. The lowest BCUT2D eigenvalue weighted by molar-refractivity contribution is -0.385. The Labute approximate surface area is 122 Å². The number of benzene rings is 1. The van der Waals surface area contributed by atoms with Gasteiger partial charge in [0.15, 0.2) is 0 Å². The molecule has 7 heteroatoms. The van der Waals surface area contributed by atoms with Crippen LogP contribution >= 0.6 is 0 Å². The van der Waals surface area contributed by atoms with Crippen LogP contribution < -0.4 is 10.1 Å². The molecule has 0 fully saturated rings. The van der Waals surface area contributed by atoms with Gasteiger partial charge in [0.05, 0.1) is 11.5 Å². The molecule has 7 nitrogen and oxygen atoms in total. The molecule has 0 aliphatic heterocycles. The topological polar surface area (TPSA) is 90.2 Å². The highest BCUT2D eigenvalue weighted by Gasteiger charge is 2.23. The van der Waals surface area contributed by atoms with Crippen molar-refractivity contribution in [3.8, 4) is 5.88 Å². The molecular weight excluding hydrogens is 272 g/mol. The smallest absolute Gasteiger partial charge is 0.372 e. The Bertz CT molecular complexity index is 604. The van der Waals surface area contributed by atoms with Crippen LogP contribution in [-0.2, 0) is 6.42 Å². The molecule has 0 saturated heterocycles. The quantitative estimate of drug-likeness (QED) is 0.621. The Morgan fingerprint density at radius 2 is 2.05 bits per heavy atom. The fourth-order valence-electron chi connectivity index (χ4n) is 1.87. The fraction of sp³-hybridized carbons (Fsp3) is 0.286. The second-order valence-corrected chi connectivity index (χ2v) is 4.23. The molecule has 2 aromatic rings. The third-order valence-corrected chi connectivity index (χ3v) is 2.80. The highest BCUT2D eigenvalue weighted by molar-refractivity contribution is 5.61. The summed E-state index contributed by atoms with van der Waals surface area (Å²) in [5.41, 5.74) is 0.916. The van der Waals surface area contributed by atoms with Crippen molar-refractivity contribution < 1.29 is 9.66 Å². The van der Waals surface area contributed by atoms with Crippen molar-refractivity contribution in [2.75, 3.05) is 18.5 Å². The second-order valence-electron chi connectivity index (χ2n) is 4.23. The highest BCUT2D eigenvalue weighted by atomic mass is 16.6. The molecule has 0 unspecified atom stereocenters. The van der Waals surface area contributed by atoms with Crippen LogP contribution in [0, 0.1) is 10.1 Å². The van der Waals surface area contributed by atoms with E-state index < -0.39 is 4.92 Å². The van der Waals surface area contributed by atoms with Crippen LogP contribution in [0.2, 0.25) is 0 Å². The van der Waals surface area contributed by atoms with E-state index in [1.165, 1.54) is 6.33 Å². The molecule has 1 heterocycles. The molecule has 0 spiro atoms. The summed E-state index contributed by atoms with van der Waals surface area (Å²) in [5.74, 6) is 0.161. The van der Waals surface area contributed by atoms with Crippen LogP contribution in [0.3, 0.4) is 0 Å². The number of aromatic nitrogens is 2. The number of nitrogens with one attached hydrogen (secondary N) is 1. The highest BCUT2D eigenvalue weighted by Crippen LogP contribution is 2.30. The Kier molecular flexibility index (Phi) is 5.03. The maximum absolute atomic E-state index is 11.2. The first kappa shape index (κ1) is 14.7. The van der Waals surface area contributed by atoms with Crippen molar-refractivity contribution in [2.45, 2.75) is 13.3 Å². The predicted octanol–water partition coefficient (Wildman–Crippen LogP) is 2.44. The molecular formula is C14H16N4O3. The summed E-state index contributed by atoms with van der Waals surface area (Å²) < 4.78 is 5.17. The van der Waals surface area contributed by atoms with Crippen LogP contribution in [0.25, 0.3) is 0 Å². The van der Waals surface area contributed by atoms with E-state index in [4.69, 9.17) is 4.74 Å². The van der Waals surface area contributed by atoms with Gasteiger partial charge < -0.3 is 10.1 Å². The minimum atomic E-state index is -0.532. The molecule has 21 heavy (non-hydrogen) atoms. The lowest BCUT2D eigenvalue weighted by atomic mass is 10.1. The van der Waals surface area contributed by atoms with E-state index in [1.807, 2.05) is 30.3 Å². The van der Waals surface area contributed by atoms with Gasteiger partial charge in [-0.2, -0.15) is 4.98 Å². The van der Waals surface area contributed by atoms with E-state index in [0.717, 1.165) is 12.0 Å². The molecule has 0 amide bonds. The summed E-state index contributed by atoms with van der Waals surface area (Å²) in [6.07, 6.45) is 1.99. The zero-order valence-corrected chi connectivity index (χ0v) is 11.7. The molecule has 0 aliphatic rings. The molecule has 110 valence electrons. The maximum atomic E-state index is 11.2. The summed E-state index contributed by atoms with van der Waals surface area (Å²) in [5, 5.41) is 14.1. The maximum Gasteiger partial charge on any atom is 0.372 e. The standard InChI is InChI=1S/C14H16N4O3/c1-2-21-14-12(18(19)20)13(16-10-17-14)15-9-8-11-6-4-3-5-7-11/h3-7,10H,2,8-9H2,1H3,(H,15,16,17). The van der Waals surface area contributed by atoms with Crippen LogP contribution in [0.1, 0.15) is 12.5 Å². The van der Waals surface area contributed by atoms with Gasteiger partial charge in [-0.15, -0.1) is 0 Å². The largest absolute Gasteiger partial charge is 0.473 e. The average molecular weight is 288 g/mol. The van der Waals surface area contributed by atoms with Gasteiger partial charge in [0.1, 0.15) is 6.33 Å². The summed E-state index contributed by atoms with van der Waals surface area (Å²) in [4.78, 5) is 18.4. The second kappa shape index (κ2) is 7.18. The molecule has 1 N–H and O–H groups in total. The monoisotopic (exact) mass is 288 g/mol. The SMILES string of the molecule is CCOc1ncnc(NCCc2ccccc2)c1[N+](=O)[O-]. The summed E-state index contributed by atoms with van der Waals surface area (Å²) >= 11 is 0. The van der Waals surface area contributed by atoms with Gasteiger partial charge in [-0.25, -0.2) is 4.98 Å². The van der Waals surface area contributed by atoms with Gasteiger partial charge in [0.2, 0.25) is 5.82 Å². The van der Waals surface area contributed by atoms with E-state index in [2.05, 4.69) is 15.3 Å². The molecule has 0 saturated carbocycles. The zero-order valence-electron chi connectivity index (χ0n) is 11.7. The third kappa shape index (κ3) is 3.88. The van der Waals surface area contributed by atoms with Crippen molar-refractivity contribution in [1.82, 2.24) is 9.97 Å². The van der Waals surface area contributed by atoms with Gasteiger partial charge >= 0.3 is 5.69 Å². The van der Waals surface area contributed by atoms with Crippen molar-refractivity contribution in [1.29, 1.82) is 0 Å². The third-order valence-electron chi connectivity index (χ3n) is 2.80. The van der Waals surface area contributed by atoms with Gasteiger partial charge in [-0.05, 0) is 18.9 Å². The lowest BCUT2D eigenvalue weighted by Gasteiger charge is -2.08. The van der Waals surface area contributed by atoms with E-state index in [9.17, 15) is 10.1 Å². The lowest BCUT2D eigenvalue weighted by Crippen LogP contribution is -2.10. The Morgan fingerprint density at radius 1 is 1.29 bits per heavy atom. The molecule has 2 rings (SSSR count). The minimum Gasteiger partial charge on any atom is -0.473 e. The average Bonchev–Trinajstić information content (AvgIpc) is 2.48. The van der Waals surface area contributed by atoms with E-state index >= 15 is 0 Å². The molecule has 0 radical (unpaired) electrons. The molecule has 0 atom stereocenters. The van der Waals surface area contributed by atoms with Crippen LogP contribution in [-0.4, -0.2) is 28.0 Å². The number of anilines is 1. The van der Waals surface area contributed by atoms with E-state index in [-0.39, 0.29) is 17.4 Å². The summed E-state index contributed by atoms with van der Waals surface area (Å²) in [6, 6.07) is 9.86. The minimum absolute atomic E-state index is 0.0142. The molecule has 1 aromatic carbocycles. The Balaban J connectivity index is 2.08. The zero-order chi connectivity index (χ0) is 15.1. The number of hydrogen-bond acceptors (Lipinski definition) is 6. The Morgan fingerprint density at radius 3 is 2.71 bits per heavy atom. The number of hydrogen-bond donors (Lipinski definition) is 1. The Hall–Kier alpha value is -2.70. The van der Waals surface area contributed by atoms with Crippen molar-refractivity contribution in [2.24, 2.45) is 0 Å². The van der Waals surface area contributed by atoms with Crippen LogP contribution in [0.4, 0.5) is 11.5 Å². The fourth-order valence-corrected chi connectivity index (χ4v) is 1.87. The van der Waals surface area contributed by atoms with E-state index in [1.54, 1.807) is 6.92 Å².